The molecule has 1 saturated heterocycles. The molecule has 0 aliphatic carbocycles. The Kier molecular flexibility index (Phi) is 17.6. The van der Waals surface area contributed by atoms with Gasteiger partial charge in [-0.05, 0) is 77.1 Å². The molecular weight excluding hydrogens is 765 g/mol. The number of aliphatic imine (C=N–C) groups is 1. The fourth-order valence-corrected chi connectivity index (χ4v) is 7.68. The molecule has 5 rings (SSSR count). The number of amides is 3. The van der Waals surface area contributed by atoms with E-state index in [9.17, 15) is 29.6 Å². The summed E-state index contributed by atoms with van der Waals surface area (Å²) in [7, 11) is 0. The first kappa shape index (κ1) is 45.4. The third-order valence-electron chi connectivity index (χ3n) is 10.8. The summed E-state index contributed by atoms with van der Waals surface area (Å²) in [5, 5.41) is 34.5. The number of ether oxygens (including phenoxy) is 1. The third kappa shape index (κ3) is 14.6. The molecule has 7 N–H and O–H groups in total. The van der Waals surface area contributed by atoms with Crippen LogP contribution in [0.2, 0.25) is 0 Å². The molecule has 4 aromatic rings. The second-order valence-electron chi connectivity index (χ2n) is 15.9. The van der Waals surface area contributed by atoms with Gasteiger partial charge in [0.15, 0.2) is 5.03 Å². The standard InChI is InChI=1S/C45H60N8O7/c1-31(2)26-40(41(54)30-42(55)47-20-21-52-22-24-60-25-23-52)50-44(57)39(16-7-8-19-48-45(46)51-53(58)59)49-43(56)37(28-32-17-18-33-10-3-4-12-35(33)27-32)29-36-14-9-13-34-11-5-6-15-38(34)36/h3-6,9-15,17-18,27,31,37,39-41,54H,7-8,16,19-26,28-30H2,1-2H3,(H,47,55)(H,49,56)(H,50,57)(H3,46,48,51). The molecule has 4 unspecified atom stereocenters. The summed E-state index contributed by atoms with van der Waals surface area (Å²) in [6.07, 6.45) is 0.941. The average molecular weight is 825 g/mol. The van der Waals surface area contributed by atoms with Gasteiger partial charge in [0.05, 0.1) is 31.8 Å². The Bertz CT molecular complexity index is 2070. The van der Waals surface area contributed by atoms with Gasteiger partial charge in [0.25, 0.3) is 5.96 Å². The number of nitrogens with two attached hydrogens (primary N) is 1. The minimum atomic E-state index is -1.17. The highest BCUT2D eigenvalue weighted by Gasteiger charge is 2.31. The lowest BCUT2D eigenvalue weighted by Crippen LogP contribution is -2.54. The lowest BCUT2D eigenvalue weighted by atomic mass is 9.88. The number of nitrogens with zero attached hydrogens (tertiary/aromatic N) is 3. The number of aliphatic hydroxyl groups excluding tert-OH is 1. The Morgan fingerprint density at radius 3 is 2.37 bits per heavy atom. The highest BCUT2D eigenvalue weighted by molar-refractivity contribution is 5.90. The number of aliphatic hydroxyl groups is 1. The van der Waals surface area contributed by atoms with Crippen molar-refractivity contribution in [2.75, 3.05) is 45.9 Å². The van der Waals surface area contributed by atoms with Crippen LogP contribution < -0.4 is 27.1 Å². The number of nitro groups is 1. The molecule has 1 fully saturated rings. The van der Waals surface area contributed by atoms with E-state index in [1.165, 1.54) is 0 Å². The largest absolute Gasteiger partial charge is 0.390 e. The van der Waals surface area contributed by atoms with Crippen molar-refractivity contribution < 1.29 is 29.3 Å². The van der Waals surface area contributed by atoms with E-state index in [0.29, 0.717) is 58.4 Å². The first-order valence-electron chi connectivity index (χ1n) is 21.0. The molecule has 0 spiro atoms. The number of fused-ring (bicyclic) bond motifs is 2. The van der Waals surface area contributed by atoms with Gasteiger partial charge >= 0.3 is 0 Å². The molecule has 15 nitrogen and oxygen atoms in total. The zero-order valence-electron chi connectivity index (χ0n) is 34.7. The molecule has 322 valence electrons. The van der Waals surface area contributed by atoms with E-state index in [4.69, 9.17) is 10.5 Å². The van der Waals surface area contributed by atoms with Crippen molar-refractivity contribution in [1.29, 1.82) is 0 Å². The Balaban J connectivity index is 1.34. The van der Waals surface area contributed by atoms with E-state index >= 15 is 0 Å². The van der Waals surface area contributed by atoms with Gasteiger partial charge in [-0.1, -0.05) is 104 Å². The lowest BCUT2D eigenvalue weighted by molar-refractivity contribution is -0.525. The zero-order chi connectivity index (χ0) is 42.9. The van der Waals surface area contributed by atoms with E-state index in [2.05, 4.69) is 38.0 Å². The second kappa shape index (κ2) is 23.2. The van der Waals surface area contributed by atoms with Gasteiger partial charge < -0.3 is 31.5 Å². The van der Waals surface area contributed by atoms with Crippen LogP contribution in [-0.4, -0.2) is 103 Å². The monoisotopic (exact) mass is 824 g/mol. The summed E-state index contributed by atoms with van der Waals surface area (Å²) in [5.74, 6) is -1.90. The number of unbranched alkanes of at least 4 members (excludes halogenated alkanes) is 1. The van der Waals surface area contributed by atoms with Crippen molar-refractivity contribution in [3.05, 3.63) is 106 Å². The van der Waals surface area contributed by atoms with E-state index in [1.807, 2.05) is 92.1 Å². The number of guanidine groups is 1. The quantitative estimate of drug-likeness (QED) is 0.0221. The van der Waals surface area contributed by atoms with Crippen LogP contribution in [0.1, 0.15) is 57.1 Å². The number of carbonyl (C=O) groups is 3. The molecule has 60 heavy (non-hydrogen) atoms. The summed E-state index contributed by atoms with van der Waals surface area (Å²) < 4.78 is 5.39. The maximum Gasteiger partial charge on any atom is 0.251 e. The van der Waals surface area contributed by atoms with Crippen LogP contribution in [0, 0.1) is 22.0 Å². The number of morpholine rings is 1. The maximum atomic E-state index is 14.6. The summed E-state index contributed by atoms with van der Waals surface area (Å²) in [6, 6.07) is 26.6. The molecule has 0 radical (unpaired) electrons. The Morgan fingerprint density at radius 1 is 0.900 bits per heavy atom. The average Bonchev–Trinajstić information content (AvgIpc) is 3.22. The van der Waals surface area contributed by atoms with E-state index in [0.717, 1.165) is 45.8 Å². The number of hydrogen-bond acceptors (Lipinski definition) is 9. The van der Waals surface area contributed by atoms with Gasteiger partial charge in [-0.25, -0.2) is 15.1 Å². The molecule has 1 aliphatic heterocycles. The van der Waals surface area contributed by atoms with Gasteiger partial charge in [-0.2, -0.15) is 0 Å². The molecule has 3 amide bonds. The third-order valence-corrected chi connectivity index (χ3v) is 10.8. The highest BCUT2D eigenvalue weighted by atomic mass is 16.7. The summed E-state index contributed by atoms with van der Waals surface area (Å²) in [5.41, 5.74) is 9.40. The zero-order valence-corrected chi connectivity index (χ0v) is 34.7. The van der Waals surface area contributed by atoms with Crippen LogP contribution in [-0.2, 0) is 32.0 Å². The van der Waals surface area contributed by atoms with Crippen LogP contribution >= 0.6 is 0 Å². The van der Waals surface area contributed by atoms with E-state index in [-0.39, 0.29) is 43.1 Å². The van der Waals surface area contributed by atoms with Crippen molar-refractivity contribution in [2.24, 2.45) is 22.6 Å². The molecule has 4 aromatic carbocycles. The fourth-order valence-electron chi connectivity index (χ4n) is 7.68. The molecule has 4 atom stereocenters. The summed E-state index contributed by atoms with van der Waals surface area (Å²) in [4.78, 5) is 58.7. The number of benzene rings is 4. The van der Waals surface area contributed by atoms with Crippen molar-refractivity contribution in [3.8, 4) is 0 Å². The Hall–Kier alpha value is -5.64. The molecule has 1 aliphatic rings. The normalized spacial score (nSPS) is 15.6. The predicted molar refractivity (Wildman–Crippen MR) is 233 cm³/mol. The van der Waals surface area contributed by atoms with Crippen LogP contribution in [0.25, 0.3) is 21.5 Å². The van der Waals surface area contributed by atoms with Crippen molar-refractivity contribution in [3.63, 3.8) is 0 Å². The second-order valence-corrected chi connectivity index (χ2v) is 15.9. The first-order chi connectivity index (χ1) is 28.9. The van der Waals surface area contributed by atoms with E-state index < -0.39 is 35.0 Å². The van der Waals surface area contributed by atoms with E-state index in [1.54, 1.807) is 0 Å². The van der Waals surface area contributed by atoms with Crippen LogP contribution in [0.5, 0.6) is 0 Å². The molecule has 1 heterocycles. The molecule has 0 saturated carbocycles. The smallest absolute Gasteiger partial charge is 0.251 e. The van der Waals surface area contributed by atoms with Gasteiger partial charge in [0.2, 0.25) is 17.7 Å². The number of nitrogens with one attached hydrogen (secondary N) is 4. The minimum absolute atomic E-state index is 0.0745. The molecule has 0 bridgehead atoms. The highest BCUT2D eigenvalue weighted by Crippen LogP contribution is 2.25. The first-order valence-corrected chi connectivity index (χ1v) is 21.0. The molecular formula is C45H60N8O7. The summed E-state index contributed by atoms with van der Waals surface area (Å²) in [6.45, 7) is 8.11. The number of carbonyl (C=O) groups excluding carboxylic acids is 3. The van der Waals surface area contributed by atoms with Crippen LogP contribution in [0.15, 0.2) is 89.9 Å². The van der Waals surface area contributed by atoms with Crippen molar-refractivity contribution in [1.82, 2.24) is 26.3 Å². The SMILES string of the molecule is CC(C)CC(NC(=O)C(CCCCN=C(N)N[N+](=O)[O-])NC(=O)C(Cc1ccc2ccccc2c1)Cc1cccc2ccccc12)C(O)CC(=O)NCCN1CCOCC1. The number of hydrogen-bond donors (Lipinski definition) is 6. The molecule has 15 heteroatoms. The number of hydrazine groups is 1. The fraction of sp³-hybridized carbons (Fsp3) is 0.467. The van der Waals surface area contributed by atoms with Gasteiger partial charge in [-0.3, -0.25) is 19.3 Å². The minimum Gasteiger partial charge on any atom is -0.390 e. The maximum absolute atomic E-state index is 14.6. The topological polar surface area (TPSA) is 214 Å². The van der Waals surface area contributed by atoms with Crippen molar-refractivity contribution >= 4 is 45.2 Å². The Morgan fingerprint density at radius 2 is 1.62 bits per heavy atom. The van der Waals surface area contributed by atoms with Crippen LogP contribution in [0.3, 0.4) is 0 Å². The Labute approximate surface area is 351 Å². The van der Waals surface area contributed by atoms with Gasteiger partial charge in [-0.15, -0.1) is 0 Å². The predicted octanol–water partition coefficient (Wildman–Crippen LogP) is 3.88. The lowest BCUT2D eigenvalue weighted by Gasteiger charge is -2.29. The number of rotatable bonds is 22. The van der Waals surface area contributed by atoms with Gasteiger partial charge in [0, 0.05) is 38.6 Å². The molecule has 0 aromatic heterocycles. The van der Waals surface area contributed by atoms with Gasteiger partial charge in [0.1, 0.15) is 6.04 Å². The van der Waals surface area contributed by atoms with Crippen LogP contribution in [0.4, 0.5) is 0 Å². The summed E-state index contributed by atoms with van der Waals surface area (Å²) >= 11 is 0. The van der Waals surface area contributed by atoms with Crippen molar-refractivity contribution in [2.45, 2.75) is 77.0 Å².